The highest BCUT2D eigenvalue weighted by molar-refractivity contribution is 6.21. The second-order valence-electron chi connectivity index (χ2n) is 6.37. The van der Waals surface area contributed by atoms with E-state index in [4.69, 9.17) is 9.98 Å². The van der Waals surface area contributed by atoms with Crippen molar-refractivity contribution in [1.82, 2.24) is 9.80 Å². The summed E-state index contributed by atoms with van der Waals surface area (Å²) in [6.45, 7) is 16.6. The minimum atomic E-state index is 0.157. The van der Waals surface area contributed by atoms with Crippen molar-refractivity contribution in [2.75, 3.05) is 13.1 Å². The van der Waals surface area contributed by atoms with E-state index in [0.717, 1.165) is 41.7 Å². The van der Waals surface area contributed by atoms with Crippen LogP contribution in [-0.2, 0) is 0 Å². The van der Waals surface area contributed by atoms with E-state index in [2.05, 4.69) is 35.4 Å². The zero-order chi connectivity index (χ0) is 19.1. The molecular formula is C22H32N4. The van der Waals surface area contributed by atoms with Gasteiger partial charge in [-0.2, -0.15) is 0 Å². The maximum absolute atomic E-state index is 5.01. The highest BCUT2D eigenvalue weighted by Crippen LogP contribution is 2.25. The smallest absolute Gasteiger partial charge is 0.161 e. The molecule has 1 aromatic rings. The number of nitrogens with zero attached hydrogens (tertiary/aromatic N) is 4. The average Bonchev–Trinajstić information content (AvgIpc) is 3.32. The fourth-order valence-corrected chi connectivity index (χ4v) is 3.26. The maximum Gasteiger partial charge on any atom is 0.161 e. The third kappa shape index (κ3) is 4.31. The standard InChI is InChI=1S/C20H26N4.C2H6/c1-5-18-20(21-16(4)23-13-9-10-14-23)24(15(2)3)19(22-18)17-11-7-6-8-12-17;1-2/h5-8,11-12,16H,2,9-10,13-14H2,1,3-4H3;1-2H3/b18-5+,21-20+;. The normalized spacial score (nSPS) is 21.6. The van der Waals surface area contributed by atoms with Gasteiger partial charge >= 0.3 is 0 Å². The number of allylic oxidation sites excluding steroid dienone is 2. The molecule has 0 bridgehead atoms. The summed E-state index contributed by atoms with van der Waals surface area (Å²) in [6, 6.07) is 10.2. The summed E-state index contributed by atoms with van der Waals surface area (Å²) >= 11 is 0. The van der Waals surface area contributed by atoms with Gasteiger partial charge in [0.2, 0.25) is 0 Å². The van der Waals surface area contributed by atoms with Crippen LogP contribution in [0.5, 0.6) is 0 Å². The van der Waals surface area contributed by atoms with Gasteiger partial charge in [-0.1, -0.05) is 56.8 Å². The fraction of sp³-hybridized carbons (Fsp3) is 0.455. The number of benzene rings is 1. The largest absolute Gasteiger partial charge is 0.282 e. The second-order valence-corrected chi connectivity index (χ2v) is 6.37. The number of hydrogen-bond donors (Lipinski definition) is 0. The lowest BCUT2D eigenvalue weighted by Crippen LogP contribution is -2.35. The summed E-state index contributed by atoms with van der Waals surface area (Å²) < 4.78 is 0. The average molecular weight is 353 g/mol. The van der Waals surface area contributed by atoms with E-state index in [0.29, 0.717) is 0 Å². The summed E-state index contributed by atoms with van der Waals surface area (Å²) in [5.74, 6) is 1.81. The Balaban J connectivity index is 0.00000117. The lowest BCUT2D eigenvalue weighted by atomic mass is 10.2. The molecule has 0 radical (unpaired) electrons. The van der Waals surface area contributed by atoms with E-state index < -0.39 is 0 Å². The first-order chi connectivity index (χ1) is 12.6. The van der Waals surface area contributed by atoms with E-state index in [1.54, 1.807) is 0 Å². The summed E-state index contributed by atoms with van der Waals surface area (Å²) in [7, 11) is 0. The van der Waals surface area contributed by atoms with Crippen LogP contribution in [0.2, 0.25) is 0 Å². The Morgan fingerprint density at radius 3 is 2.35 bits per heavy atom. The number of amidine groups is 2. The summed E-state index contributed by atoms with van der Waals surface area (Å²) in [5.41, 5.74) is 2.93. The second kappa shape index (κ2) is 9.48. The van der Waals surface area contributed by atoms with Crippen molar-refractivity contribution in [2.24, 2.45) is 9.98 Å². The Bertz CT molecular complexity index is 694. The lowest BCUT2D eigenvalue weighted by molar-refractivity contribution is 0.266. The van der Waals surface area contributed by atoms with Crippen LogP contribution in [0, 0.1) is 0 Å². The molecule has 0 aromatic heterocycles. The molecule has 0 amide bonds. The van der Waals surface area contributed by atoms with Crippen LogP contribution in [0.25, 0.3) is 0 Å². The van der Waals surface area contributed by atoms with Gasteiger partial charge in [-0.25, -0.2) is 9.98 Å². The summed E-state index contributed by atoms with van der Waals surface area (Å²) in [5, 5.41) is 0. The molecule has 140 valence electrons. The van der Waals surface area contributed by atoms with Crippen LogP contribution < -0.4 is 0 Å². The molecule has 4 heteroatoms. The predicted octanol–water partition coefficient (Wildman–Crippen LogP) is 5.05. The van der Waals surface area contributed by atoms with E-state index in [9.17, 15) is 0 Å². The third-order valence-electron chi connectivity index (χ3n) is 4.54. The first-order valence-electron chi connectivity index (χ1n) is 9.70. The molecule has 26 heavy (non-hydrogen) atoms. The van der Waals surface area contributed by atoms with Crippen molar-refractivity contribution in [2.45, 2.75) is 53.6 Å². The van der Waals surface area contributed by atoms with E-state index in [-0.39, 0.29) is 6.17 Å². The SMILES string of the molecule is C=C(C)N1C(c2ccccc2)=NC(=C/C)/C1=N\C(C)N1CCCC1.CC. The van der Waals surface area contributed by atoms with Crippen LogP contribution in [0.3, 0.4) is 0 Å². The maximum atomic E-state index is 5.01. The molecule has 0 N–H and O–H groups in total. The Kier molecular flexibility index (Phi) is 7.34. The van der Waals surface area contributed by atoms with Crippen LogP contribution >= 0.6 is 0 Å². The number of hydrogen-bond acceptors (Lipinski definition) is 3. The van der Waals surface area contributed by atoms with Crippen LogP contribution in [0.4, 0.5) is 0 Å². The quantitative estimate of drug-likeness (QED) is 0.759. The van der Waals surface area contributed by atoms with Gasteiger partial charge in [0.15, 0.2) is 5.84 Å². The molecule has 1 atom stereocenters. The van der Waals surface area contributed by atoms with Gasteiger partial charge in [0.05, 0.1) is 0 Å². The molecule has 2 aliphatic heterocycles. The zero-order valence-corrected chi connectivity index (χ0v) is 16.9. The van der Waals surface area contributed by atoms with Crippen LogP contribution in [0.1, 0.15) is 53.0 Å². The lowest BCUT2D eigenvalue weighted by Gasteiger charge is -2.25. The van der Waals surface area contributed by atoms with Crippen molar-refractivity contribution in [3.05, 3.63) is 59.9 Å². The highest BCUT2D eigenvalue weighted by atomic mass is 15.3. The van der Waals surface area contributed by atoms with Gasteiger partial charge in [0.1, 0.15) is 17.7 Å². The van der Waals surface area contributed by atoms with Crippen LogP contribution in [0.15, 0.2) is 64.4 Å². The molecule has 2 aliphatic rings. The molecule has 1 fully saturated rings. The Labute approximate surface area is 158 Å². The molecule has 3 rings (SSSR count). The van der Waals surface area contributed by atoms with Gasteiger partial charge in [-0.3, -0.25) is 9.80 Å². The van der Waals surface area contributed by atoms with Crippen molar-refractivity contribution < 1.29 is 0 Å². The minimum Gasteiger partial charge on any atom is -0.282 e. The molecule has 1 saturated heterocycles. The molecule has 1 aromatic carbocycles. The number of likely N-dealkylation sites (tertiary alicyclic amines) is 1. The first-order valence-corrected chi connectivity index (χ1v) is 9.70. The molecule has 0 aliphatic carbocycles. The number of rotatable bonds is 4. The van der Waals surface area contributed by atoms with Crippen molar-refractivity contribution >= 4 is 11.7 Å². The van der Waals surface area contributed by atoms with Crippen molar-refractivity contribution in [1.29, 1.82) is 0 Å². The highest BCUT2D eigenvalue weighted by Gasteiger charge is 2.30. The topological polar surface area (TPSA) is 31.2 Å². The summed E-state index contributed by atoms with van der Waals surface area (Å²) in [4.78, 5) is 14.4. The Morgan fingerprint density at radius 2 is 1.81 bits per heavy atom. The molecule has 0 spiro atoms. The van der Waals surface area contributed by atoms with Gasteiger partial charge in [-0.05, 0) is 33.6 Å². The van der Waals surface area contributed by atoms with E-state index >= 15 is 0 Å². The summed E-state index contributed by atoms with van der Waals surface area (Å²) in [6.07, 6.45) is 4.72. The predicted molar refractivity (Wildman–Crippen MR) is 112 cm³/mol. The molecule has 2 heterocycles. The van der Waals surface area contributed by atoms with Crippen molar-refractivity contribution in [3.8, 4) is 0 Å². The van der Waals surface area contributed by atoms with Gasteiger partial charge in [0, 0.05) is 24.4 Å². The fourth-order valence-electron chi connectivity index (χ4n) is 3.26. The molecule has 4 nitrogen and oxygen atoms in total. The third-order valence-corrected chi connectivity index (χ3v) is 4.54. The molecular weight excluding hydrogens is 320 g/mol. The first kappa shape index (κ1) is 20.1. The van der Waals surface area contributed by atoms with E-state index in [1.165, 1.54) is 12.8 Å². The molecule has 1 unspecified atom stereocenters. The van der Waals surface area contributed by atoms with Gasteiger partial charge in [-0.15, -0.1) is 0 Å². The molecule has 0 saturated carbocycles. The van der Waals surface area contributed by atoms with Gasteiger partial charge in [0.25, 0.3) is 0 Å². The monoisotopic (exact) mass is 352 g/mol. The van der Waals surface area contributed by atoms with Crippen molar-refractivity contribution in [3.63, 3.8) is 0 Å². The Hall–Kier alpha value is -2.20. The number of aliphatic imine (C=N–C) groups is 2. The Morgan fingerprint density at radius 1 is 1.19 bits per heavy atom. The van der Waals surface area contributed by atoms with E-state index in [1.807, 2.05) is 52.0 Å². The van der Waals surface area contributed by atoms with Gasteiger partial charge < -0.3 is 0 Å². The minimum absolute atomic E-state index is 0.157. The zero-order valence-electron chi connectivity index (χ0n) is 16.9. The van der Waals surface area contributed by atoms with Crippen LogP contribution in [-0.4, -0.2) is 40.7 Å².